The highest BCUT2D eigenvalue weighted by atomic mass is 32.2. The van der Waals surface area contributed by atoms with Gasteiger partial charge in [-0.3, -0.25) is 9.78 Å². The second kappa shape index (κ2) is 8.11. The molecule has 1 amide bonds. The predicted octanol–water partition coefficient (Wildman–Crippen LogP) is 3.69. The Bertz CT molecular complexity index is 1370. The maximum atomic E-state index is 12.8. The van der Waals surface area contributed by atoms with Gasteiger partial charge in [0.25, 0.3) is 15.9 Å². The highest BCUT2D eigenvalue weighted by molar-refractivity contribution is 7.92. The predicted molar refractivity (Wildman–Crippen MR) is 118 cm³/mol. The van der Waals surface area contributed by atoms with Crippen LogP contribution in [0.2, 0.25) is 0 Å². The van der Waals surface area contributed by atoms with Crippen LogP contribution in [-0.2, 0) is 10.0 Å². The van der Waals surface area contributed by atoms with Crippen molar-refractivity contribution in [3.63, 3.8) is 0 Å². The summed E-state index contributed by atoms with van der Waals surface area (Å²) in [6.45, 7) is 3.76. The number of carbonyl (C=O) groups is 1. The number of aryl methyl sites for hydroxylation is 2. The molecule has 0 saturated carbocycles. The summed E-state index contributed by atoms with van der Waals surface area (Å²) in [5.74, 6) is -0.339. The zero-order valence-corrected chi connectivity index (χ0v) is 17.6. The lowest BCUT2D eigenvalue weighted by molar-refractivity contribution is 0.102. The second-order valence-electron chi connectivity index (χ2n) is 6.97. The van der Waals surface area contributed by atoms with Crippen LogP contribution in [0.15, 0.2) is 71.9 Å². The first-order valence-corrected chi connectivity index (χ1v) is 10.9. The molecule has 2 aromatic heterocycles. The largest absolute Gasteiger partial charge is 0.322 e. The van der Waals surface area contributed by atoms with Crippen LogP contribution in [0.3, 0.4) is 0 Å². The topological polar surface area (TPSA) is 114 Å². The Labute approximate surface area is 179 Å². The van der Waals surface area contributed by atoms with E-state index in [0.29, 0.717) is 16.9 Å². The van der Waals surface area contributed by atoms with E-state index in [1.165, 1.54) is 36.7 Å². The van der Waals surface area contributed by atoms with Crippen molar-refractivity contribution in [3.05, 3.63) is 83.8 Å². The first-order chi connectivity index (χ1) is 14.8. The van der Waals surface area contributed by atoms with E-state index in [-0.39, 0.29) is 16.8 Å². The van der Waals surface area contributed by atoms with Crippen molar-refractivity contribution in [3.8, 4) is 0 Å². The molecular formula is C22H19N5O3S. The summed E-state index contributed by atoms with van der Waals surface area (Å²) in [7, 11) is -3.84. The van der Waals surface area contributed by atoms with Crippen LogP contribution in [0.25, 0.3) is 10.9 Å². The standard InChI is InChI=1S/C22H19N5O3S/c1-14-4-9-20-16(12-14)13-19(15(2)25-20)21(28)26-17-5-7-18(8-6-17)31(29,30)27-22-23-10-3-11-24-22/h3-13H,1-2H3,(H,26,28)(H,23,24,27). The number of carbonyl (C=O) groups excluding carboxylic acids is 1. The molecule has 2 aromatic carbocycles. The van der Waals surface area contributed by atoms with Crippen LogP contribution < -0.4 is 10.0 Å². The average Bonchev–Trinajstić information content (AvgIpc) is 2.74. The summed E-state index contributed by atoms with van der Waals surface area (Å²) in [6, 6.07) is 15.1. The minimum Gasteiger partial charge on any atom is -0.322 e. The third-order valence-electron chi connectivity index (χ3n) is 4.62. The number of rotatable bonds is 5. The summed E-state index contributed by atoms with van der Waals surface area (Å²) >= 11 is 0. The number of benzene rings is 2. The number of anilines is 2. The number of nitrogens with one attached hydrogen (secondary N) is 2. The van der Waals surface area contributed by atoms with Crippen molar-refractivity contribution in [1.29, 1.82) is 0 Å². The van der Waals surface area contributed by atoms with Crippen molar-refractivity contribution in [1.82, 2.24) is 15.0 Å². The molecule has 9 heteroatoms. The minimum absolute atomic E-state index is 0.0191. The zero-order chi connectivity index (χ0) is 22.0. The van der Waals surface area contributed by atoms with Crippen LogP contribution in [0.5, 0.6) is 0 Å². The third-order valence-corrected chi connectivity index (χ3v) is 5.96. The minimum atomic E-state index is -3.84. The van der Waals surface area contributed by atoms with Gasteiger partial charge < -0.3 is 5.32 Å². The third kappa shape index (κ3) is 4.51. The molecule has 4 rings (SSSR count). The monoisotopic (exact) mass is 433 g/mol. The zero-order valence-electron chi connectivity index (χ0n) is 16.8. The van der Waals surface area contributed by atoms with Gasteiger partial charge in [0.05, 0.1) is 21.7 Å². The summed E-state index contributed by atoms with van der Waals surface area (Å²) < 4.78 is 27.2. The lowest BCUT2D eigenvalue weighted by atomic mass is 10.1. The van der Waals surface area contributed by atoms with E-state index < -0.39 is 10.0 Å². The molecule has 31 heavy (non-hydrogen) atoms. The van der Waals surface area contributed by atoms with Gasteiger partial charge in [-0.25, -0.2) is 23.1 Å². The highest BCUT2D eigenvalue weighted by Gasteiger charge is 2.16. The Balaban J connectivity index is 1.53. The van der Waals surface area contributed by atoms with Gasteiger partial charge in [-0.05, 0) is 62.4 Å². The van der Waals surface area contributed by atoms with Gasteiger partial charge in [0.2, 0.25) is 5.95 Å². The summed E-state index contributed by atoms with van der Waals surface area (Å²) in [4.78, 5) is 25.0. The van der Waals surface area contributed by atoms with Crippen LogP contribution in [-0.4, -0.2) is 29.3 Å². The molecule has 0 aliphatic carbocycles. The fraction of sp³-hybridized carbons (Fsp3) is 0.0909. The molecule has 0 atom stereocenters. The fourth-order valence-corrected chi connectivity index (χ4v) is 4.03. The molecular weight excluding hydrogens is 414 g/mol. The van der Waals surface area contributed by atoms with Gasteiger partial charge >= 0.3 is 0 Å². The summed E-state index contributed by atoms with van der Waals surface area (Å²) in [5, 5.41) is 3.67. The molecule has 2 N–H and O–H groups in total. The maximum Gasteiger partial charge on any atom is 0.264 e. The SMILES string of the molecule is Cc1ccc2nc(C)c(C(=O)Nc3ccc(S(=O)(=O)Nc4ncccn4)cc3)cc2c1. The Morgan fingerprint density at radius 1 is 0.935 bits per heavy atom. The van der Waals surface area contributed by atoms with E-state index in [1.54, 1.807) is 13.0 Å². The molecule has 156 valence electrons. The summed E-state index contributed by atoms with van der Waals surface area (Å²) in [6.07, 6.45) is 2.88. The van der Waals surface area contributed by atoms with Gasteiger partial charge in [-0.1, -0.05) is 11.6 Å². The summed E-state index contributed by atoms with van der Waals surface area (Å²) in [5.41, 5.74) is 3.43. The molecule has 0 unspecified atom stereocenters. The quantitative estimate of drug-likeness (QED) is 0.496. The van der Waals surface area contributed by atoms with E-state index >= 15 is 0 Å². The van der Waals surface area contributed by atoms with Crippen LogP contribution in [0.1, 0.15) is 21.6 Å². The van der Waals surface area contributed by atoms with Crippen molar-refractivity contribution in [2.24, 2.45) is 0 Å². The Morgan fingerprint density at radius 3 is 2.35 bits per heavy atom. The van der Waals surface area contributed by atoms with Crippen molar-refractivity contribution >= 4 is 38.5 Å². The van der Waals surface area contributed by atoms with E-state index in [0.717, 1.165) is 16.5 Å². The van der Waals surface area contributed by atoms with Crippen molar-refractivity contribution in [2.45, 2.75) is 18.7 Å². The van der Waals surface area contributed by atoms with E-state index in [1.807, 2.05) is 31.2 Å². The number of hydrogen-bond acceptors (Lipinski definition) is 6. The average molecular weight is 433 g/mol. The maximum absolute atomic E-state index is 12.8. The highest BCUT2D eigenvalue weighted by Crippen LogP contribution is 2.21. The molecule has 0 saturated heterocycles. The van der Waals surface area contributed by atoms with Gasteiger partial charge in [-0.15, -0.1) is 0 Å². The first-order valence-electron chi connectivity index (χ1n) is 9.41. The fourth-order valence-electron chi connectivity index (χ4n) is 3.07. The second-order valence-corrected chi connectivity index (χ2v) is 8.66. The van der Waals surface area contributed by atoms with E-state index in [2.05, 4.69) is 25.0 Å². The molecule has 8 nitrogen and oxygen atoms in total. The van der Waals surface area contributed by atoms with E-state index in [9.17, 15) is 13.2 Å². The van der Waals surface area contributed by atoms with Crippen LogP contribution in [0.4, 0.5) is 11.6 Å². The Hall–Kier alpha value is -3.85. The molecule has 4 aromatic rings. The Kier molecular flexibility index (Phi) is 5.35. The Morgan fingerprint density at radius 2 is 1.65 bits per heavy atom. The molecule has 0 aliphatic rings. The number of fused-ring (bicyclic) bond motifs is 1. The van der Waals surface area contributed by atoms with Gasteiger partial charge in [0.15, 0.2) is 0 Å². The van der Waals surface area contributed by atoms with Crippen molar-refractivity contribution in [2.75, 3.05) is 10.0 Å². The van der Waals surface area contributed by atoms with Gasteiger partial charge in [0, 0.05) is 23.5 Å². The van der Waals surface area contributed by atoms with Crippen molar-refractivity contribution < 1.29 is 13.2 Å². The normalized spacial score (nSPS) is 11.3. The molecule has 0 bridgehead atoms. The number of aromatic nitrogens is 3. The number of sulfonamides is 1. The van der Waals surface area contributed by atoms with Crippen LogP contribution in [0, 0.1) is 13.8 Å². The van der Waals surface area contributed by atoms with Gasteiger partial charge in [-0.2, -0.15) is 0 Å². The molecule has 0 spiro atoms. The number of hydrogen-bond donors (Lipinski definition) is 2. The number of pyridine rings is 1. The molecule has 0 aliphatic heterocycles. The van der Waals surface area contributed by atoms with Gasteiger partial charge in [0.1, 0.15) is 0 Å². The lowest BCUT2D eigenvalue weighted by Gasteiger charge is -2.10. The number of amides is 1. The van der Waals surface area contributed by atoms with E-state index in [4.69, 9.17) is 0 Å². The lowest BCUT2D eigenvalue weighted by Crippen LogP contribution is -2.16. The smallest absolute Gasteiger partial charge is 0.264 e. The molecule has 0 radical (unpaired) electrons. The first kappa shape index (κ1) is 20.4. The number of nitrogens with zero attached hydrogens (tertiary/aromatic N) is 3. The molecule has 2 heterocycles. The molecule has 0 fully saturated rings. The van der Waals surface area contributed by atoms with Crippen LogP contribution >= 0.6 is 0 Å².